The Morgan fingerprint density at radius 1 is 1.19 bits per heavy atom. The molecule has 0 saturated heterocycles. The van der Waals surface area contributed by atoms with Gasteiger partial charge in [0.2, 0.25) is 0 Å². The van der Waals surface area contributed by atoms with E-state index in [4.69, 9.17) is 14.2 Å². The van der Waals surface area contributed by atoms with Gasteiger partial charge in [-0.3, -0.25) is 4.79 Å². The fourth-order valence-corrected chi connectivity index (χ4v) is 4.07. The number of ether oxygens (including phenoxy) is 3. The van der Waals surface area contributed by atoms with Crippen LogP contribution in [-0.4, -0.2) is 47.0 Å². The summed E-state index contributed by atoms with van der Waals surface area (Å²) in [5.41, 5.74) is 0.474. The molecule has 1 aromatic rings. The van der Waals surface area contributed by atoms with Crippen molar-refractivity contribution in [2.75, 3.05) is 7.11 Å². The third-order valence-electron chi connectivity index (χ3n) is 5.89. The second-order valence-electron chi connectivity index (χ2n) is 7.85. The third-order valence-corrected chi connectivity index (χ3v) is 5.89. The number of allylic oxidation sites excluding steroid dienone is 1. The van der Waals surface area contributed by atoms with Gasteiger partial charge < -0.3 is 24.4 Å². The topological polar surface area (TPSA) is 85.2 Å². The summed E-state index contributed by atoms with van der Waals surface area (Å²) in [5, 5.41) is 20.4. The lowest BCUT2D eigenvalue weighted by atomic mass is 9.71. The molecule has 27 heavy (non-hydrogen) atoms. The summed E-state index contributed by atoms with van der Waals surface area (Å²) >= 11 is 0. The molecule has 0 amide bonds. The lowest BCUT2D eigenvalue weighted by Gasteiger charge is -2.42. The molecule has 2 aliphatic heterocycles. The van der Waals surface area contributed by atoms with Crippen LogP contribution in [-0.2, 0) is 19.0 Å². The third kappa shape index (κ3) is 2.93. The van der Waals surface area contributed by atoms with E-state index < -0.39 is 23.7 Å². The van der Waals surface area contributed by atoms with Crippen molar-refractivity contribution in [3.8, 4) is 5.75 Å². The first-order chi connectivity index (χ1) is 12.8. The molecular formula is C21H24O6. The van der Waals surface area contributed by atoms with Gasteiger partial charge in [-0.1, -0.05) is 12.1 Å². The number of rotatable bonds is 3. The van der Waals surface area contributed by atoms with Crippen LogP contribution in [0.25, 0.3) is 5.57 Å². The highest BCUT2D eigenvalue weighted by Crippen LogP contribution is 2.45. The molecule has 0 radical (unpaired) electrons. The molecule has 0 aromatic heterocycles. The van der Waals surface area contributed by atoms with E-state index in [1.807, 2.05) is 19.9 Å². The van der Waals surface area contributed by atoms with Gasteiger partial charge in [0, 0.05) is 19.4 Å². The van der Waals surface area contributed by atoms with E-state index in [9.17, 15) is 15.0 Å². The molecule has 0 bridgehead atoms. The van der Waals surface area contributed by atoms with Crippen LogP contribution in [0.4, 0.5) is 0 Å². The number of benzene rings is 1. The molecule has 144 valence electrons. The van der Waals surface area contributed by atoms with Crippen LogP contribution in [0.1, 0.15) is 25.8 Å². The normalized spacial score (nSPS) is 32.6. The highest BCUT2D eigenvalue weighted by atomic mass is 16.6. The predicted octanol–water partition coefficient (Wildman–Crippen LogP) is 2.41. The Kier molecular flexibility index (Phi) is 4.28. The molecule has 5 unspecified atom stereocenters. The molecule has 1 saturated carbocycles. The molecule has 0 spiro atoms. The fourth-order valence-electron chi connectivity index (χ4n) is 4.07. The number of carbonyl (C=O) groups excluding carboxylic acids is 1. The number of methoxy groups -OCH3 is 1. The molecule has 1 fully saturated rings. The van der Waals surface area contributed by atoms with Crippen molar-refractivity contribution >= 4 is 11.4 Å². The molecule has 1 aromatic carbocycles. The van der Waals surface area contributed by atoms with E-state index >= 15 is 0 Å². The van der Waals surface area contributed by atoms with Crippen molar-refractivity contribution in [3.63, 3.8) is 0 Å². The van der Waals surface area contributed by atoms with Gasteiger partial charge in [-0.15, -0.1) is 0 Å². The molecule has 2 heterocycles. The molecule has 2 N–H and O–H groups in total. The van der Waals surface area contributed by atoms with Crippen molar-refractivity contribution in [2.24, 2.45) is 11.8 Å². The van der Waals surface area contributed by atoms with E-state index in [0.717, 1.165) is 0 Å². The Bertz CT molecular complexity index is 806. The smallest absolute Gasteiger partial charge is 0.175 e. The highest BCUT2D eigenvalue weighted by Gasteiger charge is 2.53. The van der Waals surface area contributed by atoms with E-state index in [-0.39, 0.29) is 23.6 Å². The van der Waals surface area contributed by atoms with E-state index in [2.05, 4.69) is 0 Å². The van der Waals surface area contributed by atoms with Gasteiger partial charge in [-0.2, -0.15) is 0 Å². The van der Waals surface area contributed by atoms with Gasteiger partial charge in [-0.25, -0.2) is 0 Å². The van der Waals surface area contributed by atoms with Gasteiger partial charge in [0.15, 0.2) is 5.78 Å². The Balaban J connectivity index is 1.61. The number of ketones is 1. The van der Waals surface area contributed by atoms with E-state index in [1.165, 1.54) is 18.4 Å². The van der Waals surface area contributed by atoms with Crippen LogP contribution in [0, 0.1) is 11.8 Å². The average molecular weight is 372 g/mol. The van der Waals surface area contributed by atoms with Gasteiger partial charge in [0.05, 0.1) is 23.9 Å². The maximum atomic E-state index is 13.1. The fraction of sp³-hybridized carbons (Fsp3) is 0.476. The minimum atomic E-state index is -0.896. The standard InChI is InChI=1S/C21H24O6/c1-21(2,25-3)17-8-13-15(27-17)9-16-18(19(13)23)20(24)14(10-26-16)11-4-6-12(22)7-5-11/h4-8,10,13,15-16,18-19,22-23H,9H2,1-3H3. The molecule has 5 atom stereocenters. The number of phenols is 1. The molecule has 1 aliphatic carbocycles. The van der Waals surface area contributed by atoms with Crippen molar-refractivity contribution in [2.45, 2.75) is 44.2 Å². The summed E-state index contributed by atoms with van der Waals surface area (Å²) in [5.74, 6) is -0.261. The number of hydrogen-bond acceptors (Lipinski definition) is 6. The van der Waals surface area contributed by atoms with Crippen molar-refractivity contribution in [1.29, 1.82) is 0 Å². The quantitative estimate of drug-likeness (QED) is 0.848. The van der Waals surface area contributed by atoms with Crippen LogP contribution in [0.15, 0.2) is 42.4 Å². The minimum absolute atomic E-state index is 0.128. The lowest BCUT2D eigenvalue weighted by molar-refractivity contribution is -0.143. The largest absolute Gasteiger partial charge is 0.508 e. The molecule has 3 aliphatic rings. The Labute approximate surface area is 158 Å². The summed E-state index contributed by atoms with van der Waals surface area (Å²) in [6, 6.07) is 6.38. The first-order valence-corrected chi connectivity index (χ1v) is 9.13. The second-order valence-corrected chi connectivity index (χ2v) is 7.85. The Morgan fingerprint density at radius 3 is 2.56 bits per heavy atom. The van der Waals surface area contributed by atoms with Gasteiger partial charge in [-0.05, 0) is 37.6 Å². The Hall–Kier alpha value is -2.31. The van der Waals surface area contributed by atoms with Gasteiger partial charge >= 0.3 is 0 Å². The second kappa shape index (κ2) is 6.39. The molecular weight excluding hydrogens is 348 g/mol. The maximum Gasteiger partial charge on any atom is 0.175 e. The number of Topliss-reactive ketones (excluding diaryl/α,β-unsaturated/α-hetero) is 1. The van der Waals surface area contributed by atoms with Crippen LogP contribution in [0.5, 0.6) is 5.75 Å². The van der Waals surface area contributed by atoms with Crippen LogP contribution in [0.2, 0.25) is 0 Å². The monoisotopic (exact) mass is 372 g/mol. The summed E-state index contributed by atoms with van der Waals surface area (Å²) in [6.07, 6.45) is 2.33. The van der Waals surface area contributed by atoms with Crippen molar-refractivity contribution in [1.82, 2.24) is 0 Å². The van der Waals surface area contributed by atoms with Gasteiger partial charge in [0.25, 0.3) is 0 Å². The summed E-state index contributed by atoms with van der Waals surface area (Å²) in [4.78, 5) is 13.1. The zero-order valence-corrected chi connectivity index (χ0v) is 15.6. The van der Waals surface area contributed by atoms with E-state index in [1.54, 1.807) is 19.2 Å². The average Bonchev–Trinajstić information content (AvgIpc) is 3.08. The van der Waals surface area contributed by atoms with E-state index in [0.29, 0.717) is 23.3 Å². The first-order valence-electron chi connectivity index (χ1n) is 9.13. The lowest BCUT2D eigenvalue weighted by Crippen LogP contribution is -2.53. The van der Waals surface area contributed by atoms with Gasteiger partial charge in [0.1, 0.15) is 29.3 Å². The zero-order valence-electron chi connectivity index (χ0n) is 15.6. The number of aromatic hydroxyl groups is 1. The maximum absolute atomic E-state index is 13.1. The number of phenolic OH excluding ortho intramolecular Hbond substituents is 1. The van der Waals surface area contributed by atoms with Crippen molar-refractivity contribution in [3.05, 3.63) is 47.9 Å². The molecule has 4 rings (SSSR count). The number of fused-ring (bicyclic) bond motifs is 2. The number of aliphatic hydroxyl groups is 1. The summed E-state index contributed by atoms with van der Waals surface area (Å²) in [7, 11) is 1.61. The summed E-state index contributed by atoms with van der Waals surface area (Å²) < 4.78 is 17.4. The van der Waals surface area contributed by atoms with Crippen LogP contribution < -0.4 is 0 Å². The summed E-state index contributed by atoms with van der Waals surface area (Å²) in [6.45, 7) is 3.81. The predicted molar refractivity (Wildman–Crippen MR) is 97.6 cm³/mol. The molecule has 6 heteroatoms. The highest BCUT2D eigenvalue weighted by molar-refractivity contribution is 6.22. The number of hydrogen-bond donors (Lipinski definition) is 2. The Morgan fingerprint density at radius 2 is 1.89 bits per heavy atom. The minimum Gasteiger partial charge on any atom is -0.508 e. The number of aliphatic hydroxyl groups excluding tert-OH is 1. The zero-order chi connectivity index (χ0) is 19.3. The number of carbonyl (C=O) groups is 1. The van der Waals surface area contributed by atoms with Crippen molar-refractivity contribution < 1.29 is 29.2 Å². The molecule has 6 nitrogen and oxygen atoms in total. The first kappa shape index (κ1) is 18.1. The SMILES string of the molecule is COC(C)(C)C1=CC2C(CC3OC=C(c4ccc(O)cc4)C(=O)C3C2O)O1. The van der Waals surface area contributed by atoms with Crippen LogP contribution in [0.3, 0.4) is 0 Å². The van der Waals surface area contributed by atoms with Crippen LogP contribution >= 0.6 is 0 Å².